The highest BCUT2D eigenvalue weighted by molar-refractivity contribution is 14.1. The van der Waals surface area contributed by atoms with Gasteiger partial charge in [-0.1, -0.05) is 6.07 Å². The average Bonchev–Trinajstić information content (AvgIpc) is 2.69. The van der Waals surface area contributed by atoms with Crippen LogP contribution in [0.4, 0.5) is 11.5 Å². The Morgan fingerprint density at radius 2 is 2.28 bits per heavy atom. The predicted molar refractivity (Wildman–Crippen MR) is 79.2 cm³/mol. The molecular formula is C12H13IN4O. The van der Waals surface area contributed by atoms with E-state index in [1.54, 1.807) is 12.3 Å². The van der Waals surface area contributed by atoms with Gasteiger partial charge in [0.15, 0.2) is 0 Å². The molecule has 94 valence electrons. The van der Waals surface area contributed by atoms with Gasteiger partial charge in [0.2, 0.25) is 5.91 Å². The van der Waals surface area contributed by atoms with Gasteiger partial charge in [-0.25, -0.2) is 0 Å². The SMILES string of the molecule is Cc1ccc(I)cc1NC(=O)Cn1ccc(N)n1. The third kappa shape index (κ3) is 3.22. The number of nitrogens with two attached hydrogens (primary N) is 1. The van der Waals surface area contributed by atoms with Crippen LogP contribution in [0.5, 0.6) is 0 Å². The van der Waals surface area contributed by atoms with E-state index in [1.807, 2.05) is 25.1 Å². The van der Waals surface area contributed by atoms with Gasteiger partial charge < -0.3 is 11.1 Å². The molecule has 0 saturated carbocycles. The van der Waals surface area contributed by atoms with Crippen molar-refractivity contribution in [1.29, 1.82) is 0 Å². The molecule has 0 aliphatic rings. The van der Waals surface area contributed by atoms with E-state index in [9.17, 15) is 4.79 Å². The molecule has 1 heterocycles. The number of amides is 1. The minimum atomic E-state index is -0.122. The molecule has 0 bridgehead atoms. The van der Waals surface area contributed by atoms with E-state index in [1.165, 1.54) is 4.68 Å². The maximum absolute atomic E-state index is 11.8. The molecule has 2 aromatic rings. The molecule has 0 atom stereocenters. The van der Waals surface area contributed by atoms with Gasteiger partial charge >= 0.3 is 0 Å². The normalized spacial score (nSPS) is 10.3. The highest BCUT2D eigenvalue weighted by Crippen LogP contribution is 2.18. The lowest BCUT2D eigenvalue weighted by Gasteiger charge is -2.08. The van der Waals surface area contributed by atoms with Crippen LogP contribution in [0, 0.1) is 10.5 Å². The van der Waals surface area contributed by atoms with Gasteiger partial charge in [-0.05, 0) is 53.3 Å². The molecule has 6 heteroatoms. The summed E-state index contributed by atoms with van der Waals surface area (Å²) in [5.74, 6) is 0.288. The van der Waals surface area contributed by atoms with Crippen molar-refractivity contribution in [3.63, 3.8) is 0 Å². The Kier molecular flexibility index (Phi) is 3.85. The van der Waals surface area contributed by atoms with Gasteiger partial charge in [0, 0.05) is 15.5 Å². The maximum Gasteiger partial charge on any atom is 0.246 e. The second kappa shape index (κ2) is 5.38. The van der Waals surface area contributed by atoms with E-state index >= 15 is 0 Å². The summed E-state index contributed by atoms with van der Waals surface area (Å²) in [7, 11) is 0. The maximum atomic E-state index is 11.8. The van der Waals surface area contributed by atoms with E-state index in [2.05, 4.69) is 33.0 Å². The van der Waals surface area contributed by atoms with E-state index in [-0.39, 0.29) is 12.5 Å². The molecule has 5 nitrogen and oxygen atoms in total. The number of halogens is 1. The summed E-state index contributed by atoms with van der Waals surface area (Å²) in [5, 5.41) is 6.83. The number of carbonyl (C=O) groups is 1. The molecule has 0 saturated heterocycles. The molecule has 0 spiro atoms. The molecule has 0 fully saturated rings. The van der Waals surface area contributed by atoms with Gasteiger partial charge in [-0.15, -0.1) is 0 Å². The Morgan fingerprint density at radius 1 is 1.50 bits per heavy atom. The Morgan fingerprint density at radius 3 is 2.94 bits per heavy atom. The fourth-order valence-corrected chi connectivity index (χ4v) is 2.02. The zero-order valence-electron chi connectivity index (χ0n) is 9.85. The largest absolute Gasteiger partial charge is 0.382 e. The monoisotopic (exact) mass is 356 g/mol. The van der Waals surface area contributed by atoms with Crippen molar-refractivity contribution in [3.05, 3.63) is 39.6 Å². The first-order valence-electron chi connectivity index (χ1n) is 5.39. The summed E-state index contributed by atoms with van der Waals surface area (Å²) in [6.07, 6.45) is 1.68. The minimum absolute atomic E-state index is 0.122. The van der Waals surface area contributed by atoms with Crippen LogP contribution >= 0.6 is 22.6 Å². The zero-order valence-corrected chi connectivity index (χ0v) is 12.0. The molecule has 18 heavy (non-hydrogen) atoms. The first-order chi connectivity index (χ1) is 8.54. The summed E-state index contributed by atoms with van der Waals surface area (Å²) in [5.41, 5.74) is 7.34. The number of benzene rings is 1. The van der Waals surface area contributed by atoms with Crippen molar-refractivity contribution < 1.29 is 4.79 Å². The molecule has 0 unspecified atom stereocenters. The van der Waals surface area contributed by atoms with Crippen molar-refractivity contribution in [2.45, 2.75) is 13.5 Å². The first-order valence-corrected chi connectivity index (χ1v) is 6.47. The molecule has 1 amide bonds. The summed E-state index contributed by atoms with van der Waals surface area (Å²) in [4.78, 5) is 11.8. The van der Waals surface area contributed by atoms with Crippen LogP contribution in [-0.4, -0.2) is 15.7 Å². The van der Waals surface area contributed by atoms with E-state index in [0.29, 0.717) is 5.82 Å². The Balaban J connectivity index is 2.05. The molecule has 0 radical (unpaired) electrons. The number of carbonyl (C=O) groups excluding carboxylic acids is 1. The third-order valence-electron chi connectivity index (χ3n) is 2.44. The Bertz CT molecular complexity index is 579. The second-order valence-electron chi connectivity index (χ2n) is 3.95. The topological polar surface area (TPSA) is 72.9 Å². The van der Waals surface area contributed by atoms with Gasteiger partial charge in [-0.2, -0.15) is 5.10 Å². The average molecular weight is 356 g/mol. The fraction of sp³-hybridized carbons (Fsp3) is 0.167. The highest BCUT2D eigenvalue weighted by atomic mass is 127. The lowest BCUT2D eigenvalue weighted by Crippen LogP contribution is -2.19. The molecule has 1 aromatic heterocycles. The summed E-state index contributed by atoms with van der Waals surface area (Å²) >= 11 is 2.21. The van der Waals surface area contributed by atoms with Gasteiger partial charge in [0.25, 0.3) is 0 Å². The molecule has 1 aromatic carbocycles. The van der Waals surface area contributed by atoms with E-state index in [4.69, 9.17) is 5.73 Å². The Hall–Kier alpha value is -1.57. The number of hydrogen-bond donors (Lipinski definition) is 2. The van der Waals surface area contributed by atoms with Crippen molar-refractivity contribution in [2.75, 3.05) is 11.1 Å². The van der Waals surface area contributed by atoms with Crippen LogP contribution in [0.1, 0.15) is 5.56 Å². The van der Waals surface area contributed by atoms with Gasteiger partial charge in [-0.3, -0.25) is 9.48 Å². The third-order valence-corrected chi connectivity index (χ3v) is 3.11. The van der Waals surface area contributed by atoms with Crippen LogP contribution in [0.2, 0.25) is 0 Å². The number of rotatable bonds is 3. The summed E-state index contributed by atoms with van der Waals surface area (Å²) in [6.45, 7) is 2.11. The summed E-state index contributed by atoms with van der Waals surface area (Å²) in [6, 6.07) is 7.57. The molecule has 0 aliphatic carbocycles. The van der Waals surface area contributed by atoms with E-state index < -0.39 is 0 Å². The standard InChI is InChI=1S/C12H13IN4O/c1-8-2-3-9(13)6-10(8)15-12(18)7-17-5-4-11(14)16-17/h2-6H,7H2,1H3,(H2,14,16)(H,15,18). The minimum Gasteiger partial charge on any atom is -0.382 e. The van der Waals surface area contributed by atoms with Crippen LogP contribution in [0.25, 0.3) is 0 Å². The molecule has 3 N–H and O–H groups in total. The van der Waals surface area contributed by atoms with Gasteiger partial charge in [0.05, 0.1) is 0 Å². The summed E-state index contributed by atoms with van der Waals surface area (Å²) < 4.78 is 2.59. The van der Waals surface area contributed by atoms with Crippen molar-refractivity contribution in [2.24, 2.45) is 0 Å². The number of hydrogen-bond acceptors (Lipinski definition) is 3. The molecule has 0 aliphatic heterocycles. The Labute approximate surface area is 119 Å². The zero-order chi connectivity index (χ0) is 13.1. The van der Waals surface area contributed by atoms with Crippen molar-refractivity contribution >= 4 is 40.0 Å². The number of aryl methyl sites for hydroxylation is 1. The number of nitrogen functional groups attached to an aromatic ring is 1. The smallest absolute Gasteiger partial charge is 0.246 e. The molecular weight excluding hydrogens is 343 g/mol. The molecule has 2 rings (SSSR count). The highest BCUT2D eigenvalue weighted by Gasteiger charge is 2.06. The van der Waals surface area contributed by atoms with Gasteiger partial charge in [0.1, 0.15) is 12.4 Å². The lowest BCUT2D eigenvalue weighted by molar-refractivity contribution is -0.116. The number of aromatic nitrogens is 2. The number of nitrogens with zero attached hydrogens (tertiary/aromatic N) is 2. The van der Waals surface area contributed by atoms with Crippen LogP contribution in [-0.2, 0) is 11.3 Å². The predicted octanol–water partition coefficient (Wildman–Crippen LogP) is 2.02. The lowest BCUT2D eigenvalue weighted by atomic mass is 10.2. The quantitative estimate of drug-likeness (QED) is 0.827. The second-order valence-corrected chi connectivity index (χ2v) is 5.19. The fourth-order valence-electron chi connectivity index (χ4n) is 1.53. The van der Waals surface area contributed by atoms with Crippen LogP contribution in [0.15, 0.2) is 30.5 Å². The first kappa shape index (κ1) is 12.9. The van der Waals surface area contributed by atoms with E-state index in [0.717, 1.165) is 14.8 Å². The van der Waals surface area contributed by atoms with Crippen molar-refractivity contribution in [3.8, 4) is 0 Å². The van der Waals surface area contributed by atoms with Crippen molar-refractivity contribution in [1.82, 2.24) is 9.78 Å². The number of anilines is 2. The van der Waals surface area contributed by atoms with Crippen LogP contribution < -0.4 is 11.1 Å². The number of nitrogens with one attached hydrogen (secondary N) is 1. The van der Waals surface area contributed by atoms with Crippen LogP contribution in [0.3, 0.4) is 0 Å².